The Kier molecular flexibility index (Phi) is 7.88. The topological polar surface area (TPSA) is 73.9 Å². The number of ether oxygens (including phenoxy) is 2. The number of esters is 1. The van der Waals surface area contributed by atoms with Crippen molar-refractivity contribution in [1.29, 1.82) is 0 Å². The van der Waals surface area contributed by atoms with Crippen molar-refractivity contribution in [1.82, 2.24) is 5.09 Å². The molecule has 4 unspecified atom stereocenters. The van der Waals surface area contributed by atoms with Crippen LogP contribution in [-0.2, 0) is 18.8 Å². The molecule has 0 spiro atoms. The number of hydrogen-bond acceptors (Lipinski definition) is 5. The van der Waals surface area contributed by atoms with Gasteiger partial charge in [0.2, 0.25) is 0 Å². The maximum absolute atomic E-state index is 13.8. The van der Waals surface area contributed by atoms with Gasteiger partial charge in [-0.2, -0.15) is 0 Å². The second-order valence-electron chi connectivity index (χ2n) is 9.54. The van der Waals surface area contributed by atoms with Gasteiger partial charge in [-0.1, -0.05) is 32.0 Å². The Hall–Kier alpha value is -1.36. The molecule has 6 nitrogen and oxygen atoms in total. The van der Waals surface area contributed by atoms with Crippen molar-refractivity contribution >= 4 is 13.5 Å². The Labute approximate surface area is 186 Å². The molecular weight excluding hydrogens is 413 g/mol. The third kappa shape index (κ3) is 6.34. The van der Waals surface area contributed by atoms with Crippen LogP contribution in [0, 0.1) is 11.8 Å². The van der Waals surface area contributed by atoms with E-state index in [1.807, 2.05) is 0 Å². The number of benzene rings is 1. The van der Waals surface area contributed by atoms with Crippen molar-refractivity contribution in [2.45, 2.75) is 84.3 Å². The van der Waals surface area contributed by atoms with Crippen LogP contribution < -0.4 is 9.61 Å². The fourth-order valence-corrected chi connectivity index (χ4v) is 5.91. The Morgan fingerprint density at radius 1 is 1.03 bits per heavy atom. The highest BCUT2D eigenvalue weighted by atomic mass is 31.2. The summed E-state index contributed by atoms with van der Waals surface area (Å²) >= 11 is 0. The van der Waals surface area contributed by atoms with Crippen LogP contribution in [0.4, 0.5) is 0 Å². The van der Waals surface area contributed by atoms with E-state index in [1.54, 1.807) is 20.8 Å². The lowest BCUT2D eigenvalue weighted by Gasteiger charge is -2.28. The van der Waals surface area contributed by atoms with Crippen molar-refractivity contribution in [2.75, 3.05) is 13.5 Å². The van der Waals surface area contributed by atoms with E-state index in [1.165, 1.54) is 32.8 Å². The molecule has 4 atom stereocenters. The van der Waals surface area contributed by atoms with Crippen LogP contribution in [0.5, 0.6) is 5.75 Å². The largest absolute Gasteiger partial charge is 0.462 e. The number of carbonyl (C=O) groups excluding carboxylic acids is 1. The molecule has 31 heavy (non-hydrogen) atoms. The summed E-state index contributed by atoms with van der Waals surface area (Å²) < 4.78 is 30.7. The van der Waals surface area contributed by atoms with Crippen molar-refractivity contribution in [3.63, 3.8) is 0 Å². The van der Waals surface area contributed by atoms with Crippen LogP contribution in [0.25, 0.3) is 0 Å². The lowest BCUT2D eigenvalue weighted by molar-refractivity contribution is -0.149. The van der Waals surface area contributed by atoms with Gasteiger partial charge in [0.25, 0.3) is 0 Å². The van der Waals surface area contributed by atoms with Gasteiger partial charge in [0.05, 0.1) is 6.10 Å². The van der Waals surface area contributed by atoms with Gasteiger partial charge in [0.15, 0.2) is 0 Å². The predicted molar refractivity (Wildman–Crippen MR) is 123 cm³/mol. The molecule has 0 amide bonds. The van der Waals surface area contributed by atoms with Crippen molar-refractivity contribution in [2.24, 2.45) is 11.8 Å². The van der Waals surface area contributed by atoms with Crippen LogP contribution in [0.2, 0.25) is 0 Å². The first-order valence-electron chi connectivity index (χ1n) is 11.5. The van der Waals surface area contributed by atoms with E-state index >= 15 is 0 Å². The average Bonchev–Trinajstić information content (AvgIpc) is 3.59. The summed E-state index contributed by atoms with van der Waals surface area (Å²) in [5.41, 5.74) is 2.20. The van der Waals surface area contributed by atoms with Crippen molar-refractivity contribution < 1.29 is 23.4 Å². The molecule has 1 aromatic rings. The van der Waals surface area contributed by atoms with Gasteiger partial charge in [-0.3, -0.25) is 9.36 Å². The van der Waals surface area contributed by atoms with E-state index in [0.29, 0.717) is 29.4 Å². The van der Waals surface area contributed by atoms with Crippen LogP contribution in [0.15, 0.2) is 18.2 Å². The standard InChI is InChI=1S/C24H38NO5P/c1-15(2)29-24(26)18(5)25-31(27,14-28-6)30-23-21(16(3)19-10-11-19)8-7-9-22(23)17(4)20-12-13-20/h7-9,15-20H,10-14H2,1-6H3,(H,25,27). The normalized spacial score (nSPS) is 21.3. The number of hydrogen-bond donors (Lipinski definition) is 1. The van der Waals surface area contributed by atoms with E-state index in [2.05, 4.69) is 37.1 Å². The minimum absolute atomic E-state index is 0.129. The first-order valence-corrected chi connectivity index (χ1v) is 13.3. The number of rotatable bonds is 12. The molecule has 1 aromatic carbocycles. The van der Waals surface area contributed by atoms with E-state index in [0.717, 1.165) is 11.1 Å². The van der Waals surface area contributed by atoms with Gasteiger partial charge in [0, 0.05) is 7.11 Å². The third-order valence-electron chi connectivity index (χ3n) is 6.35. The first-order chi connectivity index (χ1) is 14.6. The average molecular weight is 452 g/mol. The Balaban J connectivity index is 1.92. The molecule has 174 valence electrons. The molecule has 0 saturated heterocycles. The van der Waals surface area contributed by atoms with Gasteiger partial charge >= 0.3 is 13.5 Å². The minimum Gasteiger partial charge on any atom is -0.462 e. The number of para-hydroxylation sites is 1. The summed E-state index contributed by atoms with van der Waals surface area (Å²) in [6, 6.07) is 5.50. The molecule has 0 bridgehead atoms. The Bertz CT molecular complexity index is 782. The molecule has 2 saturated carbocycles. The number of methoxy groups -OCH3 is 1. The van der Waals surface area contributed by atoms with Crippen LogP contribution >= 0.6 is 7.52 Å². The molecule has 0 radical (unpaired) electrons. The maximum Gasteiger partial charge on any atom is 0.342 e. The SMILES string of the molecule is COCP(=O)(NC(C)C(=O)OC(C)C)Oc1c(C(C)C2CC2)cccc1C(C)C1CC1. The lowest BCUT2D eigenvalue weighted by Crippen LogP contribution is -2.36. The van der Waals surface area contributed by atoms with Crippen LogP contribution in [0.3, 0.4) is 0 Å². The summed E-state index contributed by atoms with van der Waals surface area (Å²) in [7, 11) is -2.03. The zero-order chi connectivity index (χ0) is 22.8. The molecule has 0 aliphatic heterocycles. The summed E-state index contributed by atoms with van der Waals surface area (Å²) in [6.45, 7) is 9.67. The van der Waals surface area contributed by atoms with E-state index in [-0.39, 0.29) is 12.5 Å². The fourth-order valence-electron chi connectivity index (χ4n) is 4.19. The monoisotopic (exact) mass is 451 g/mol. The fraction of sp³-hybridized carbons (Fsp3) is 0.708. The zero-order valence-corrected chi connectivity index (χ0v) is 20.6. The molecule has 2 aliphatic carbocycles. The highest BCUT2D eigenvalue weighted by Gasteiger charge is 2.38. The maximum atomic E-state index is 13.8. The Morgan fingerprint density at radius 2 is 1.55 bits per heavy atom. The van der Waals surface area contributed by atoms with E-state index in [9.17, 15) is 9.36 Å². The van der Waals surface area contributed by atoms with Crippen LogP contribution in [-0.4, -0.2) is 31.6 Å². The predicted octanol–water partition coefficient (Wildman–Crippen LogP) is 5.82. The quantitative estimate of drug-likeness (QED) is 0.319. The molecule has 0 heterocycles. The Morgan fingerprint density at radius 3 is 1.97 bits per heavy atom. The molecular formula is C24H38NO5P. The highest BCUT2D eigenvalue weighted by molar-refractivity contribution is 7.57. The van der Waals surface area contributed by atoms with Crippen LogP contribution in [0.1, 0.15) is 83.3 Å². The summed E-state index contributed by atoms with van der Waals surface area (Å²) in [4.78, 5) is 12.3. The highest BCUT2D eigenvalue weighted by Crippen LogP contribution is 2.54. The summed E-state index contributed by atoms with van der Waals surface area (Å²) in [5, 5.41) is 2.90. The molecule has 1 N–H and O–H groups in total. The molecule has 3 rings (SSSR count). The van der Waals surface area contributed by atoms with E-state index in [4.69, 9.17) is 14.0 Å². The zero-order valence-electron chi connectivity index (χ0n) is 19.7. The third-order valence-corrected chi connectivity index (χ3v) is 8.21. The van der Waals surface area contributed by atoms with Gasteiger partial charge in [-0.25, -0.2) is 5.09 Å². The summed E-state index contributed by atoms with van der Waals surface area (Å²) in [5.74, 6) is 2.20. The molecule has 2 fully saturated rings. The van der Waals surface area contributed by atoms with Gasteiger partial charge in [0.1, 0.15) is 18.1 Å². The second-order valence-corrected chi connectivity index (χ2v) is 11.6. The van der Waals surface area contributed by atoms with Crippen molar-refractivity contribution in [3.8, 4) is 5.75 Å². The van der Waals surface area contributed by atoms with Gasteiger partial charge in [-0.05, 0) is 81.3 Å². The first kappa shape index (κ1) is 24.3. The van der Waals surface area contributed by atoms with Gasteiger partial charge < -0.3 is 14.0 Å². The molecule has 0 aromatic heterocycles. The molecule has 7 heteroatoms. The lowest BCUT2D eigenvalue weighted by atomic mass is 9.88. The second kappa shape index (κ2) is 10.1. The van der Waals surface area contributed by atoms with Gasteiger partial charge in [-0.15, -0.1) is 0 Å². The van der Waals surface area contributed by atoms with E-state index < -0.39 is 19.5 Å². The number of nitrogens with one attached hydrogen (secondary N) is 1. The molecule has 2 aliphatic rings. The van der Waals surface area contributed by atoms with Crippen molar-refractivity contribution in [3.05, 3.63) is 29.3 Å². The smallest absolute Gasteiger partial charge is 0.342 e. The summed E-state index contributed by atoms with van der Waals surface area (Å²) in [6.07, 6.45) is 4.50. The minimum atomic E-state index is -3.52. The number of carbonyl (C=O) groups is 1.